The first-order chi connectivity index (χ1) is 7.15. The number of amides is 1. The fourth-order valence-electron chi connectivity index (χ4n) is 2.46. The number of likely N-dealkylation sites (tertiary alicyclic amines) is 2. The monoisotopic (exact) mass is 230 g/mol. The van der Waals surface area contributed by atoms with Crippen LogP contribution < -0.4 is 0 Å². The lowest BCUT2D eigenvalue weighted by atomic mass is 9.97. The van der Waals surface area contributed by atoms with Crippen LogP contribution in [0.15, 0.2) is 0 Å². The van der Waals surface area contributed by atoms with E-state index in [1.54, 1.807) is 0 Å². The van der Waals surface area contributed by atoms with Gasteiger partial charge in [0.1, 0.15) is 0 Å². The van der Waals surface area contributed by atoms with E-state index < -0.39 is 0 Å². The number of carbonyl (C=O) groups is 1. The normalized spacial score (nSPS) is 30.1. The van der Waals surface area contributed by atoms with Gasteiger partial charge < -0.3 is 9.80 Å². The minimum absolute atomic E-state index is 0.0452. The summed E-state index contributed by atoms with van der Waals surface area (Å²) < 4.78 is 0. The highest BCUT2D eigenvalue weighted by molar-refractivity contribution is 6.22. The van der Waals surface area contributed by atoms with Crippen LogP contribution in [0.4, 0.5) is 0 Å². The molecule has 0 bridgehead atoms. The zero-order valence-corrected chi connectivity index (χ0v) is 10.0. The van der Waals surface area contributed by atoms with Gasteiger partial charge in [-0.25, -0.2) is 0 Å². The van der Waals surface area contributed by atoms with Gasteiger partial charge in [-0.1, -0.05) is 0 Å². The van der Waals surface area contributed by atoms with E-state index in [0.717, 1.165) is 26.2 Å². The van der Waals surface area contributed by atoms with Gasteiger partial charge >= 0.3 is 0 Å². The molecule has 2 rings (SSSR count). The molecular weight excluding hydrogens is 212 g/mol. The van der Waals surface area contributed by atoms with Gasteiger partial charge in [0.05, 0.1) is 5.38 Å². The summed E-state index contributed by atoms with van der Waals surface area (Å²) in [5.74, 6) is 0.932. The molecule has 2 aliphatic heterocycles. The van der Waals surface area contributed by atoms with Crippen LogP contribution in [0.1, 0.15) is 19.3 Å². The van der Waals surface area contributed by atoms with Crippen molar-refractivity contribution in [1.82, 2.24) is 9.80 Å². The number of rotatable bonds is 2. The first-order valence-electron chi connectivity index (χ1n) is 5.75. The Balaban J connectivity index is 1.79. The average molecular weight is 231 g/mol. The smallest absolute Gasteiger partial charge is 0.224 e. The molecule has 15 heavy (non-hydrogen) atoms. The van der Waals surface area contributed by atoms with Gasteiger partial charge in [0.25, 0.3) is 0 Å². The maximum absolute atomic E-state index is 11.6. The van der Waals surface area contributed by atoms with E-state index in [-0.39, 0.29) is 11.3 Å². The molecule has 1 unspecified atom stereocenters. The third kappa shape index (κ3) is 2.85. The number of piperidine rings is 1. The van der Waals surface area contributed by atoms with E-state index in [9.17, 15) is 4.79 Å². The predicted octanol–water partition coefficient (Wildman–Crippen LogP) is 1.17. The Bertz CT molecular complexity index is 239. The van der Waals surface area contributed by atoms with Crippen molar-refractivity contribution in [3.05, 3.63) is 0 Å². The molecule has 0 radical (unpaired) electrons. The minimum atomic E-state index is 0.0452. The summed E-state index contributed by atoms with van der Waals surface area (Å²) in [5.41, 5.74) is 0. The maximum atomic E-state index is 11.6. The number of nitrogens with zero attached hydrogens (tertiary/aromatic N) is 2. The predicted molar refractivity (Wildman–Crippen MR) is 61.1 cm³/mol. The van der Waals surface area contributed by atoms with Crippen molar-refractivity contribution in [2.24, 2.45) is 5.92 Å². The van der Waals surface area contributed by atoms with Crippen LogP contribution in [0.5, 0.6) is 0 Å². The number of hydrogen-bond donors (Lipinski definition) is 0. The quantitative estimate of drug-likeness (QED) is 0.665. The minimum Gasteiger partial charge on any atom is -0.341 e. The second-order valence-corrected chi connectivity index (χ2v) is 5.46. The molecular formula is C11H19ClN2O. The van der Waals surface area contributed by atoms with Crippen molar-refractivity contribution in [1.29, 1.82) is 0 Å². The summed E-state index contributed by atoms with van der Waals surface area (Å²) in [4.78, 5) is 15.9. The molecule has 0 aromatic heterocycles. The summed E-state index contributed by atoms with van der Waals surface area (Å²) in [5, 5.41) is 0.0452. The number of carbonyl (C=O) groups excluding carboxylic acids is 1. The number of hydrogen-bond acceptors (Lipinski definition) is 2. The summed E-state index contributed by atoms with van der Waals surface area (Å²) in [6.07, 6.45) is 2.97. The first kappa shape index (κ1) is 11.2. The van der Waals surface area contributed by atoms with Crippen LogP contribution in [0.3, 0.4) is 0 Å². The first-order valence-corrected chi connectivity index (χ1v) is 6.19. The third-order valence-electron chi connectivity index (χ3n) is 3.48. The van der Waals surface area contributed by atoms with Crippen LogP contribution in [0, 0.1) is 5.92 Å². The van der Waals surface area contributed by atoms with Crippen LogP contribution in [0.2, 0.25) is 0 Å². The molecule has 0 N–H and O–H groups in total. The van der Waals surface area contributed by atoms with Gasteiger partial charge in [0.2, 0.25) is 5.91 Å². The molecule has 3 nitrogen and oxygen atoms in total. The second-order valence-electron chi connectivity index (χ2n) is 4.85. The molecule has 0 aromatic carbocycles. The van der Waals surface area contributed by atoms with E-state index >= 15 is 0 Å². The Labute approximate surface area is 96.4 Å². The molecule has 1 amide bonds. The highest BCUT2D eigenvalue weighted by Crippen LogP contribution is 2.22. The Morgan fingerprint density at radius 2 is 2.07 bits per heavy atom. The van der Waals surface area contributed by atoms with E-state index in [4.69, 9.17) is 11.6 Å². The Morgan fingerprint density at radius 1 is 1.40 bits per heavy atom. The van der Waals surface area contributed by atoms with Crippen molar-refractivity contribution in [2.75, 3.05) is 33.2 Å². The zero-order valence-electron chi connectivity index (χ0n) is 9.29. The average Bonchev–Trinajstić information content (AvgIpc) is 2.49. The van der Waals surface area contributed by atoms with Gasteiger partial charge in [-0.15, -0.1) is 11.6 Å². The van der Waals surface area contributed by atoms with Crippen molar-refractivity contribution < 1.29 is 4.79 Å². The van der Waals surface area contributed by atoms with E-state index in [1.165, 1.54) is 12.8 Å². The Hall–Kier alpha value is -0.280. The Morgan fingerprint density at radius 3 is 2.60 bits per heavy atom. The number of halogens is 1. The summed E-state index contributed by atoms with van der Waals surface area (Å²) in [6, 6.07) is 0. The van der Waals surface area contributed by atoms with Crippen LogP contribution in [-0.2, 0) is 4.79 Å². The van der Waals surface area contributed by atoms with Crippen molar-refractivity contribution in [3.63, 3.8) is 0 Å². The van der Waals surface area contributed by atoms with E-state index in [2.05, 4.69) is 11.9 Å². The van der Waals surface area contributed by atoms with Crippen molar-refractivity contribution >= 4 is 17.5 Å². The SMILES string of the molecule is CN1CCC(CN2CC(Cl)CC2=O)CC1. The molecule has 2 saturated heterocycles. The lowest BCUT2D eigenvalue weighted by molar-refractivity contribution is -0.128. The highest BCUT2D eigenvalue weighted by atomic mass is 35.5. The molecule has 1 atom stereocenters. The number of alkyl halides is 1. The third-order valence-corrected chi connectivity index (χ3v) is 3.78. The van der Waals surface area contributed by atoms with E-state index in [1.807, 2.05) is 4.90 Å². The van der Waals surface area contributed by atoms with Crippen LogP contribution in [-0.4, -0.2) is 54.3 Å². The van der Waals surface area contributed by atoms with Gasteiger partial charge in [-0.05, 0) is 38.9 Å². The van der Waals surface area contributed by atoms with Gasteiger partial charge in [-0.3, -0.25) is 4.79 Å². The zero-order chi connectivity index (χ0) is 10.8. The van der Waals surface area contributed by atoms with Crippen LogP contribution in [0.25, 0.3) is 0 Å². The molecule has 2 heterocycles. The van der Waals surface area contributed by atoms with Crippen molar-refractivity contribution in [2.45, 2.75) is 24.6 Å². The molecule has 4 heteroatoms. The lowest BCUT2D eigenvalue weighted by Gasteiger charge is -2.31. The van der Waals surface area contributed by atoms with Gasteiger partial charge in [-0.2, -0.15) is 0 Å². The highest BCUT2D eigenvalue weighted by Gasteiger charge is 2.30. The molecule has 86 valence electrons. The summed E-state index contributed by atoms with van der Waals surface area (Å²) in [6.45, 7) is 4.01. The molecule has 0 aromatic rings. The molecule has 2 aliphatic rings. The fraction of sp³-hybridized carbons (Fsp3) is 0.909. The molecule has 0 aliphatic carbocycles. The van der Waals surface area contributed by atoms with Gasteiger partial charge in [0.15, 0.2) is 0 Å². The lowest BCUT2D eigenvalue weighted by Crippen LogP contribution is -2.37. The molecule has 2 fully saturated rings. The largest absolute Gasteiger partial charge is 0.341 e. The molecule has 0 saturated carbocycles. The summed E-state index contributed by atoms with van der Waals surface area (Å²) >= 11 is 5.97. The Kier molecular flexibility index (Phi) is 3.52. The van der Waals surface area contributed by atoms with E-state index in [0.29, 0.717) is 12.3 Å². The topological polar surface area (TPSA) is 23.6 Å². The maximum Gasteiger partial charge on any atom is 0.224 e. The molecule has 0 spiro atoms. The van der Waals surface area contributed by atoms with Crippen LogP contribution >= 0.6 is 11.6 Å². The fourth-order valence-corrected chi connectivity index (χ4v) is 2.76. The van der Waals surface area contributed by atoms with Crippen molar-refractivity contribution in [3.8, 4) is 0 Å². The standard InChI is InChI=1S/C11H19ClN2O/c1-13-4-2-9(3-5-13)7-14-8-10(12)6-11(14)15/h9-10H,2-8H2,1H3. The second kappa shape index (κ2) is 4.71. The summed E-state index contributed by atoms with van der Waals surface area (Å²) in [7, 11) is 2.16. The van der Waals surface area contributed by atoms with Gasteiger partial charge in [0, 0.05) is 19.5 Å².